The van der Waals surface area contributed by atoms with Gasteiger partial charge in [0.2, 0.25) is 11.6 Å². The number of alkyl halides is 3. The zero-order chi connectivity index (χ0) is 16.7. The molecule has 1 nitrogen and oxygen atoms in total. The maximum atomic E-state index is 13.9. The van der Waals surface area contributed by atoms with Crippen molar-refractivity contribution in [2.75, 3.05) is 7.11 Å². The number of rotatable bonds is 2. The molecule has 0 unspecified atom stereocenters. The van der Waals surface area contributed by atoms with Gasteiger partial charge in [0.25, 0.3) is 0 Å². The predicted molar refractivity (Wildman–Crippen MR) is 63.3 cm³/mol. The lowest BCUT2D eigenvalue weighted by Crippen LogP contribution is -2.06. The molecule has 0 saturated heterocycles. The van der Waals surface area contributed by atoms with Crippen LogP contribution in [-0.2, 0) is 6.18 Å². The van der Waals surface area contributed by atoms with Crippen LogP contribution in [0.1, 0.15) is 5.56 Å². The zero-order valence-electron chi connectivity index (χ0n) is 10.9. The average molecular weight is 324 g/mol. The van der Waals surface area contributed by atoms with Gasteiger partial charge in [0, 0.05) is 0 Å². The van der Waals surface area contributed by atoms with Gasteiger partial charge in [-0.1, -0.05) is 12.1 Å². The Kier molecular flexibility index (Phi) is 4.04. The summed E-state index contributed by atoms with van der Waals surface area (Å²) in [4.78, 5) is 0. The SMILES string of the molecule is COc1c(F)c(F)c(-c2cccc(C(F)(F)F)c2)c(F)c1F. The average Bonchev–Trinajstić information content (AvgIpc) is 2.46. The molecule has 0 N–H and O–H groups in total. The van der Waals surface area contributed by atoms with Crippen molar-refractivity contribution >= 4 is 0 Å². The minimum atomic E-state index is -4.77. The van der Waals surface area contributed by atoms with Gasteiger partial charge in [-0.3, -0.25) is 0 Å². The van der Waals surface area contributed by atoms with Gasteiger partial charge in [-0.25, -0.2) is 8.78 Å². The smallest absolute Gasteiger partial charge is 0.416 e. The highest BCUT2D eigenvalue weighted by atomic mass is 19.4. The molecule has 22 heavy (non-hydrogen) atoms. The van der Waals surface area contributed by atoms with Crippen LogP contribution in [0.3, 0.4) is 0 Å². The number of methoxy groups -OCH3 is 1. The van der Waals surface area contributed by atoms with Crippen LogP contribution in [0, 0.1) is 23.3 Å². The van der Waals surface area contributed by atoms with Crippen LogP contribution in [0.5, 0.6) is 5.75 Å². The van der Waals surface area contributed by atoms with Crippen LogP contribution >= 0.6 is 0 Å². The predicted octanol–water partition coefficient (Wildman–Crippen LogP) is 4.94. The van der Waals surface area contributed by atoms with E-state index < -0.39 is 51.9 Å². The lowest BCUT2D eigenvalue weighted by atomic mass is 10.0. The van der Waals surface area contributed by atoms with Crippen LogP contribution in [0.15, 0.2) is 24.3 Å². The third-order valence-corrected chi connectivity index (χ3v) is 2.91. The first-order valence-corrected chi connectivity index (χ1v) is 5.76. The van der Waals surface area contributed by atoms with Crippen LogP contribution < -0.4 is 4.74 Å². The van der Waals surface area contributed by atoms with Gasteiger partial charge >= 0.3 is 6.18 Å². The van der Waals surface area contributed by atoms with E-state index in [0.717, 1.165) is 19.2 Å². The third-order valence-electron chi connectivity index (χ3n) is 2.91. The first kappa shape index (κ1) is 16.1. The summed E-state index contributed by atoms with van der Waals surface area (Å²) in [6.45, 7) is 0. The lowest BCUT2D eigenvalue weighted by molar-refractivity contribution is -0.137. The Balaban J connectivity index is 2.74. The van der Waals surface area contributed by atoms with Crippen molar-refractivity contribution in [3.8, 4) is 16.9 Å². The Morgan fingerprint density at radius 2 is 1.41 bits per heavy atom. The lowest BCUT2D eigenvalue weighted by Gasteiger charge is -2.13. The van der Waals surface area contributed by atoms with E-state index in [-0.39, 0.29) is 0 Å². The number of ether oxygens (including phenoxy) is 1. The molecule has 2 rings (SSSR count). The highest BCUT2D eigenvalue weighted by Gasteiger charge is 2.32. The molecule has 2 aromatic carbocycles. The first-order valence-electron chi connectivity index (χ1n) is 5.76. The van der Waals surface area contributed by atoms with E-state index >= 15 is 0 Å². The monoisotopic (exact) mass is 324 g/mol. The van der Waals surface area contributed by atoms with Crippen molar-refractivity contribution < 1.29 is 35.5 Å². The zero-order valence-corrected chi connectivity index (χ0v) is 10.9. The van der Waals surface area contributed by atoms with Crippen molar-refractivity contribution in [2.24, 2.45) is 0 Å². The summed E-state index contributed by atoms with van der Waals surface area (Å²) >= 11 is 0. The normalized spacial score (nSPS) is 11.6. The van der Waals surface area contributed by atoms with Gasteiger partial charge in [-0.2, -0.15) is 22.0 Å². The maximum absolute atomic E-state index is 13.9. The molecule has 0 fully saturated rings. The van der Waals surface area contributed by atoms with E-state index in [1.807, 2.05) is 0 Å². The number of benzene rings is 2. The van der Waals surface area contributed by atoms with Crippen molar-refractivity contribution in [1.82, 2.24) is 0 Å². The second kappa shape index (κ2) is 5.51. The molecule has 0 aliphatic rings. The summed E-state index contributed by atoms with van der Waals surface area (Å²) in [6.07, 6.45) is -4.77. The Bertz CT molecular complexity index is 693. The van der Waals surface area contributed by atoms with Gasteiger partial charge in [0.1, 0.15) is 0 Å². The fraction of sp³-hybridized carbons (Fsp3) is 0.143. The second-order valence-corrected chi connectivity index (χ2v) is 4.24. The largest absolute Gasteiger partial charge is 0.491 e. The minimum Gasteiger partial charge on any atom is -0.491 e. The number of hydrogen-bond acceptors (Lipinski definition) is 1. The quantitative estimate of drug-likeness (QED) is 0.562. The fourth-order valence-electron chi connectivity index (χ4n) is 1.90. The molecule has 0 amide bonds. The van der Waals surface area contributed by atoms with E-state index in [4.69, 9.17) is 0 Å². The van der Waals surface area contributed by atoms with E-state index in [1.165, 1.54) is 0 Å². The molecular formula is C14H7F7O. The molecule has 8 heteroatoms. The molecule has 0 radical (unpaired) electrons. The molecule has 0 aliphatic carbocycles. The molecule has 0 saturated carbocycles. The molecule has 0 aliphatic heterocycles. The van der Waals surface area contributed by atoms with E-state index in [1.54, 1.807) is 0 Å². The van der Waals surface area contributed by atoms with E-state index in [9.17, 15) is 30.7 Å². The van der Waals surface area contributed by atoms with Gasteiger partial charge < -0.3 is 4.74 Å². The molecule has 0 aromatic heterocycles. The Morgan fingerprint density at radius 3 is 1.86 bits per heavy atom. The molecular weight excluding hydrogens is 317 g/mol. The molecule has 0 atom stereocenters. The Hall–Kier alpha value is -2.25. The Labute approximate surface area is 119 Å². The highest BCUT2D eigenvalue weighted by molar-refractivity contribution is 5.67. The van der Waals surface area contributed by atoms with Gasteiger partial charge in [-0.15, -0.1) is 0 Å². The van der Waals surface area contributed by atoms with Crippen molar-refractivity contribution in [2.45, 2.75) is 6.18 Å². The van der Waals surface area contributed by atoms with Gasteiger partial charge in [-0.05, 0) is 17.7 Å². The molecule has 0 heterocycles. The summed E-state index contributed by atoms with van der Waals surface area (Å²) in [5.74, 6) is -8.61. The van der Waals surface area contributed by atoms with Gasteiger partial charge in [0.15, 0.2) is 17.4 Å². The van der Waals surface area contributed by atoms with Crippen molar-refractivity contribution in [1.29, 1.82) is 0 Å². The van der Waals surface area contributed by atoms with Crippen LogP contribution in [0.4, 0.5) is 30.7 Å². The standard InChI is InChI=1S/C14H7F7O/c1-22-13-11(17)9(15)8(10(16)12(13)18)6-3-2-4-7(5-6)14(19,20)21/h2-5H,1H3. The summed E-state index contributed by atoms with van der Waals surface area (Å²) in [5.41, 5.74) is -3.09. The van der Waals surface area contributed by atoms with Crippen LogP contribution in [0.25, 0.3) is 11.1 Å². The Morgan fingerprint density at radius 1 is 0.864 bits per heavy atom. The molecule has 0 spiro atoms. The summed E-state index contributed by atoms with van der Waals surface area (Å²) in [7, 11) is 0.796. The van der Waals surface area contributed by atoms with Crippen molar-refractivity contribution in [3.05, 3.63) is 53.1 Å². The fourth-order valence-corrected chi connectivity index (χ4v) is 1.90. The number of halogens is 7. The van der Waals surface area contributed by atoms with Crippen LogP contribution in [0.2, 0.25) is 0 Å². The number of hydrogen-bond donors (Lipinski definition) is 0. The first-order chi connectivity index (χ1) is 10.2. The molecule has 2 aromatic rings. The molecule has 0 bridgehead atoms. The topological polar surface area (TPSA) is 9.23 Å². The van der Waals surface area contributed by atoms with Crippen molar-refractivity contribution in [3.63, 3.8) is 0 Å². The second-order valence-electron chi connectivity index (χ2n) is 4.24. The summed E-state index contributed by atoms with van der Waals surface area (Å²) < 4.78 is 96.9. The third kappa shape index (κ3) is 2.60. The summed E-state index contributed by atoms with van der Waals surface area (Å²) in [6, 6.07) is 2.83. The highest BCUT2D eigenvalue weighted by Crippen LogP contribution is 2.38. The minimum absolute atomic E-state index is 0.396. The maximum Gasteiger partial charge on any atom is 0.416 e. The summed E-state index contributed by atoms with van der Waals surface area (Å²) in [5, 5.41) is 0. The van der Waals surface area contributed by atoms with E-state index in [0.29, 0.717) is 12.1 Å². The molecule has 118 valence electrons. The van der Waals surface area contributed by atoms with Crippen LogP contribution in [-0.4, -0.2) is 7.11 Å². The van der Waals surface area contributed by atoms with E-state index in [2.05, 4.69) is 4.74 Å². The van der Waals surface area contributed by atoms with Gasteiger partial charge in [0.05, 0.1) is 18.2 Å².